The van der Waals surface area contributed by atoms with E-state index in [0.29, 0.717) is 0 Å². The number of nitrogens with zero attached hydrogens (tertiary/aromatic N) is 4. The Balaban J connectivity index is 1.62. The number of fused-ring (bicyclic) bond motifs is 1. The average molecular weight is 433 g/mol. The van der Waals surface area contributed by atoms with Gasteiger partial charge in [-0.25, -0.2) is 9.67 Å². The van der Waals surface area contributed by atoms with E-state index < -0.39 is 8.07 Å². The summed E-state index contributed by atoms with van der Waals surface area (Å²) >= 11 is 0. The summed E-state index contributed by atoms with van der Waals surface area (Å²) in [4.78, 5) is 7.26. The van der Waals surface area contributed by atoms with Crippen molar-refractivity contribution in [3.8, 4) is 17.1 Å². The Morgan fingerprint density at radius 3 is 2.55 bits per heavy atom. The van der Waals surface area contributed by atoms with Crippen LogP contribution in [-0.4, -0.2) is 49.1 Å². The molecule has 6 nitrogen and oxygen atoms in total. The molecule has 7 heteroatoms. The summed E-state index contributed by atoms with van der Waals surface area (Å²) < 4.78 is 13.8. The quantitative estimate of drug-likeness (QED) is 0.448. The number of benzene rings is 1. The van der Waals surface area contributed by atoms with Crippen molar-refractivity contribution < 1.29 is 9.15 Å². The first-order valence-corrected chi connectivity index (χ1v) is 14.3. The molecule has 4 aromatic rings. The molecule has 0 N–H and O–H groups in total. The number of aryl methyl sites for hydroxylation is 1. The fourth-order valence-electron chi connectivity index (χ4n) is 3.93. The molecule has 0 atom stereocenters. The van der Waals surface area contributed by atoms with Gasteiger partial charge >= 0.3 is 0 Å². The highest BCUT2D eigenvalue weighted by molar-refractivity contribution is 6.87. The highest BCUT2D eigenvalue weighted by Gasteiger charge is 2.25. The van der Waals surface area contributed by atoms with Gasteiger partial charge in [0, 0.05) is 37.0 Å². The van der Waals surface area contributed by atoms with Gasteiger partial charge < -0.3 is 14.1 Å². The van der Waals surface area contributed by atoms with Crippen LogP contribution in [0.25, 0.3) is 28.2 Å². The van der Waals surface area contributed by atoms with Crippen molar-refractivity contribution in [3.05, 3.63) is 54.2 Å². The minimum Gasteiger partial charge on any atom is -0.462 e. The zero-order valence-electron chi connectivity index (χ0n) is 18.6. The molecule has 1 saturated heterocycles. The molecule has 0 aliphatic carbocycles. The summed E-state index contributed by atoms with van der Waals surface area (Å²) in [6.45, 7) is 12.1. The first-order valence-electron chi connectivity index (χ1n) is 10.8. The summed E-state index contributed by atoms with van der Waals surface area (Å²) in [5.74, 6) is 0.802. The van der Waals surface area contributed by atoms with Crippen LogP contribution in [0.5, 0.6) is 0 Å². The Kier molecular flexibility index (Phi) is 4.95. The van der Waals surface area contributed by atoms with Crippen LogP contribution in [0.2, 0.25) is 19.6 Å². The lowest BCUT2D eigenvalue weighted by Crippen LogP contribution is -2.37. The van der Waals surface area contributed by atoms with E-state index in [1.54, 1.807) is 0 Å². The number of anilines is 1. The zero-order chi connectivity index (χ0) is 21.6. The van der Waals surface area contributed by atoms with Crippen LogP contribution in [0.1, 0.15) is 5.56 Å². The SMILES string of the molecule is Cc1cccc(-c2ccn(-c3cc(N4CCOCC4)c4oc([Si](C)(C)C)cc4n3)n2)c1. The molecule has 0 unspecified atom stereocenters. The third-order valence-electron chi connectivity index (χ3n) is 5.67. The number of hydrogen-bond donors (Lipinski definition) is 0. The second-order valence-corrected chi connectivity index (χ2v) is 14.2. The third kappa shape index (κ3) is 3.91. The van der Waals surface area contributed by atoms with Crippen molar-refractivity contribution in [2.45, 2.75) is 26.6 Å². The second kappa shape index (κ2) is 7.66. The predicted molar refractivity (Wildman–Crippen MR) is 127 cm³/mol. The minimum atomic E-state index is -1.60. The normalized spacial score (nSPS) is 15.0. The van der Waals surface area contributed by atoms with Gasteiger partial charge in [0.15, 0.2) is 11.4 Å². The monoisotopic (exact) mass is 432 g/mol. The molecule has 1 fully saturated rings. The summed E-state index contributed by atoms with van der Waals surface area (Å²) in [5.41, 5.74) is 6.10. The Bertz CT molecular complexity index is 1230. The van der Waals surface area contributed by atoms with E-state index in [-0.39, 0.29) is 0 Å². The number of pyridine rings is 1. The molecular weight excluding hydrogens is 404 g/mol. The van der Waals surface area contributed by atoms with Crippen molar-refractivity contribution in [2.24, 2.45) is 0 Å². The van der Waals surface area contributed by atoms with E-state index in [9.17, 15) is 0 Å². The lowest BCUT2D eigenvalue weighted by atomic mass is 10.1. The van der Waals surface area contributed by atoms with E-state index in [1.807, 2.05) is 16.9 Å². The van der Waals surface area contributed by atoms with E-state index in [2.05, 4.69) is 67.9 Å². The van der Waals surface area contributed by atoms with E-state index in [1.165, 1.54) is 5.56 Å². The Hall–Kier alpha value is -2.90. The van der Waals surface area contributed by atoms with Crippen LogP contribution < -0.4 is 10.3 Å². The van der Waals surface area contributed by atoms with Gasteiger partial charge in [-0.05, 0) is 19.1 Å². The molecule has 1 aromatic carbocycles. The molecule has 0 spiro atoms. The number of hydrogen-bond acceptors (Lipinski definition) is 5. The summed E-state index contributed by atoms with van der Waals surface area (Å²) in [7, 11) is -1.60. The maximum Gasteiger partial charge on any atom is 0.175 e. The van der Waals surface area contributed by atoms with Gasteiger partial charge in [0.1, 0.15) is 13.6 Å². The zero-order valence-corrected chi connectivity index (χ0v) is 19.6. The number of rotatable bonds is 4. The molecular formula is C24H28N4O2Si. The smallest absolute Gasteiger partial charge is 0.175 e. The largest absolute Gasteiger partial charge is 0.462 e. The van der Waals surface area contributed by atoms with Gasteiger partial charge in [0.05, 0.1) is 30.0 Å². The first-order chi connectivity index (χ1) is 14.9. The number of ether oxygens (including phenoxy) is 1. The van der Waals surface area contributed by atoms with Gasteiger partial charge in [-0.2, -0.15) is 5.10 Å². The van der Waals surface area contributed by atoms with Crippen LogP contribution >= 0.6 is 0 Å². The van der Waals surface area contributed by atoms with Crippen LogP contribution in [0.3, 0.4) is 0 Å². The van der Waals surface area contributed by atoms with Gasteiger partial charge in [-0.15, -0.1) is 0 Å². The van der Waals surface area contributed by atoms with E-state index in [4.69, 9.17) is 19.2 Å². The van der Waals surface area contributed by atoms with Crippen molar-refractivity contribution in [2.75, 3.05) is 31.2 Å². The van der Waals surface area contributed by atoms with Crippen LogP contribution in [0, 0.1) is 6.92 Å². The predicted octanol–water partition coefficient (Wildman–Crippen LogP) is 4.37. The molecule has 1 aliphatic rings. The lowest BCUT2D eigenvalue weighted by Gasteiger charge is -2.29. The standard InChI is InChI=1S/C24H28N4O2Si/c1-17-6-5-7-18(14-17)19-8-9-28(26-19)22-16-21(27-10-12-29-13-11-27)24-20(25-22)15-23(30-24)31(2,3)4/h5-9,14-16H,10-13H2,1-4H3. The van der Waals surface area contributed by atoms with Gasteiger partial charge in [-0.1, -0.05) is 43.4 Å². The number of furan rings is 1. The van der Waals surface area contributed by atoms with Crippen LogP contribution in [-0.2, 0) is 4.74 Å². The molecule has 1 aliphatic heterocycles. The minimum absolute atomic E-state index is 0.722. The average Bonchev–Trinajstić information content (AvgIpc) is 3.41. The molecule has 160 valence electrons. The molecule has 4 heterocycles. The lowest BCUT2D eigenvalue weighted by molar-refractivity contribution is 0.122. The van der Waals surface area contributed by atoms with Gasteiger partial charge in [0.25, 0.3) is 0 Å². The van der Waals surface area contributed by atoms with Gasteiger partial charge in [-0.3, -0.25) is 0 Å². The highest BCUT2D eigenvalue weighted by atomic mass is 28.3. The second-order valence-electron chi connectivity index (χ2n) is 9.19. The van der Waals surface area contributed by atoms with Crippen LogP contribution in [0.15, 0.2) is 53.1 Å². The third-order valence-corrected chi connectivity index (χ3v) is 7.40. The maximum atomic E-state index is 6.38. The fraction of sp³-hybridized carbons (Fsp3) is 0.333. The molecule has 0 saturated carbocycles. The Morgan fingerprint density at radius 2 is 1.81 bits per heavy atom. The molecule has 5 rings (SSSR count). The molecule has 0 radical (unpaired) electrons. The van der Waals surface area contributed by atoms with Crippen molar-refractivity contribution in [3.63, 3.8) is 0 Å². The molecule has 0 amide bonds. The molecule has 31 heavy (non-hydrogen) atoms. The van der Waals surface area contributed by atoms with Gasteiger partial charge in [0.2, 0.25) is 0 Å². The molecule has 3 aromatic heterocycles. The first kappa shape index (κ1) is 20.0. The number of aromatic nitrogens is 3. The summed E-state index contributed by atoms with van der Waals surface area (Å²) in [6.07, 6.45) is 1.98. The van der Waals surface area contributed by atoms with Crippen LogP contribution in [0.4, 0.5) is 5.69 Å². The fourth-order valence-corrected chi connectivity index (χ4v) is 4.91. The number of morpholine rings is 1. The van der Waals surface area contributed by atoms with Crippen molar-refractivity contribution in [1.82, 2.24) is 14.8 Å². The summed E-state index contributed by atoms with van der Waals surface area (Å²) in [6, 6.07) is 14.7. The topological polar surface area (TPSA) is 56.3 Å². The van der Waals surface area contributed by atoms with Crippen molar-refractivity contribution in [1.29, 1.82) is 0 Å². The highest BCUT2D eigenvalue weighted by Crippen LogP contribution is 2.30. The van der Waals surface area contributed by atoms with E-state index in [0.717, 1.165) is 65.5 Å². The maximum absolute atomic E-state index is 6.38. The summed E-state index contributed by atoms with van der Waals surface area (Å²) in [5, 5.41) is 5.90. The Labute approximate surface area is 183 Å². The molecule has 0 bridgehead atoms. The Morgan fingerprint density at radius 1 is 1.00 bits per heavy atom. The van der Waals surface area contributed by atoms with E-state index >= 15 is 0 Å². The van der Waals surface area contributed by atoms with Crippen molar-refractivity contribution >= 4 is 30.2 Å².